The van der Waals surface area contributed by atoms with Gasteiger partial charge in [-0.25, -0.2) is 4.39 Å². The fourth-order valence-corrected chi connectivity index (χ4v) is 3.14. The van der Waals surface area contributed by atoms with Gasteiger partial charge in [0.2, 0.25) is 0 Å². The molecule has 0 aromatic heterocycles. The van der Waals surface area contributed by atoms with Crippen LogP contribution in [0.2, 0.25) is 5.02 Å². The molecule has 0 unspecified atom stereocenters. The number of rotatable bonds is 4. The molecule has 7 heteroatoms. The summed E-state index contributed by atoms with van der Waals surface area (Å²) in [5.74, 6) is -0.573. The third-order valence-corrected chi connectivity index (χ3v) is 4.74. The highest BCUT2D eigenvalue weighted by Crippen LogP contribution is 2.19. The summed E-state index contributed by atoms with van der Waals surface area (Å²) in [6.07, 6.45) is 0. The van der Waals surface area contributed by atoms with E-state index in [0.29, 0.717) is 49.0 Å². The van der Waals surface area contributed by atoms with E-state index in [-0.39, 0.29) is 17.6 Å². The number of benzene rings is 2. The molecule has 2 N–H and O–H groups in total. The van der Waals surface area contributed by atoms with Crippen LogP contribution in [0.5, 0.6) is 0 Å². The molecule has 2 aromatic carbocycles. The monoisotopic (exact) mass is 376 g/mol. The van der Waals surface area contributed by atoms with E-state index in [4.69, 9.17) is 11.6 Å². The quantitative estimate of drug-likeness (QED) is 0.848. The topological polar surface area (TPSA) is 53.9 Å². The van der Waals surface area contributed by atoms with E-state index in [1.807, 2.05) is 6.07 Å². The lowest BCUT2D eigenvalue weighted by atomic mass is 10.2. The molecular formula is C19H20ClFN3O2+. The summed E-state index contributed by atoms with van der Waals surface area (Å²) in [6.45, 7) is 2.81. The maximum atomic E-state index is 13.0. The van der Waals surface area contributed by atoms with Crippen molar-refractivity contribution in [1.82, 2.24) is 4.90 Å². The van der Waals surface area contributed by atoms with Crippen molar-refractivity contribution in [3.8, 4) is 0 Å². The zero-order chi connectivity index (χ0) is 18.5. The molecule has 1 aliphatic heterocycles. The molecule has 1 aliphatic rings. The highest BCUT2D eigenvalue weighted by molar-refractivity contribution is 6.33. The van der Waals surface area contributed by atoms with Crippen LogP contribution < -0.4 is 10.2 Å². The average molecular weight is 377 g/mol. The normalized spacial score (nSPS) is 14.9. The number of quaternary nitrogens is 1. The number of piperazine rings is 1. The second-order valence-corrected chi connectivity index (χ2v) is 6.66. The molecule has 1 saturated heterocycles. The summed E-state index contributed by atoms with van der Waals surface area (Å²) >= 11 is 6.04. The Morgan fingerprint density at radius 2 is 1.73 bits per heavy atom. The third-order valence-electron chi connectivity index (χ3n) is 4.41. The van der Waals surface area contributed by atoms with Gasteiger partial charge < -0.3 is 15.1 Å². The first kappa shape index (κ1) is 18.4. The number of carbonyl (C=O) groups excluding carboxylic acids is 2. The molecule has 0 bridgehead atoms. The standard InChI is InChI=1S/C19H19ClFN3O2/c20-16-3-1-2-4-17(16)22-18(25)13-23-9-11-24(12-10-23)19(26)14-5-7-15(21)8-6-14/h1-8H,9-13H2,(H,22,25)/p+1. The fraction of sp³-hybridized carbons (Fsp3) is 0.263. The summed E-state index contributed by atoms with van der Waals surface area (Å²) in [4.78, 5) is 27.5. The highest BCUT2D eigenvalue weighted by Gasteiger charge is 2.26. The maximum Gasteiger partial charge on any atom is 0.279 e. The van der Waals surface area contributed by atoms with E-state index in [1.165, 1.54) is 24.3 Å². The minimum atomic E-state index is -0.361. The maximum absolute atomic E-state index is 13.0. The van der Waals surface area contributed by atoms with Gasteiger partial charge in [-0.15, -0.1) is 0 Å². The zero-order valence-electron chi connectivity index (χ0n) is 14.2. The summed E-state index contributed by atoms with van der Waals surface area (Å²) in [5, 5.41) is 3.32. The van der Waals surface area contributed by atoms with Gasteiger partial charge in [0, 0.05) is 5.56 Å². The number of halogens is 2. The van der Waals surface area contributed by atoms with Crippen LogP contribution in [0.1, 0.15) is 10.4 Å². The van der Waals surface area contributed by atoms with Crippen molar-refractivity contribution in [1.29, 1.82) is 0 Å². The first-order chi connectivity index (χ1) is 12.5. The van der Waals surface area contributed by atoms with Crippen LogP contribution in [0.25, 0.3) is 0 Å². The van der Waals surface area contributed by atoms with Gasteiger partial charge in [0.05, 0.1) is 36.9 Å². The van der Waals surface area contributed by atoms with Crippen molar-refractivity contribution in [2.24, 2.45) is 0 Å². The average Bonchev–Trinajstić information content (AvgIpc) is 2.64. The van der Waals surface area contributed by atoms with Gasteiger partial charge in [0.25, 0.3) is 11.8 Å². The van der Waals surface area contributed by atoms with E-state index in [9.17, 15) is 14.0 Å². The van der Waals surface area contributed by atoms with Crippen molar-refractivity contribution in [2.45, 2.75) is 0 Å². The summed E-state index contributed by atoms with van der Waals surface area (Å²) in [7, 11) is 0. The van der Waals surface area contributed by atoms with Crippen molar-refractivity contribution >= 4 is 29.1 Å². The minimum absolute atomic E-state index is 0.105. The van der Waals surface area contributed by atoms with Crippen LogP contribution in [0.4, 0.5) is 10.1 Å². The zero-order valence-corrected chi connectivity index (χ0v) is 14.9. The highest BCUT2D eigenvalue weighted by atomic mass is 35.5. The van der Waals surface area contributed by atoms with Gasteiger partial charge in [-0.1, -0.05) is 23.7 Å². The second kappa shape index (κ2) is 8.29. The molecule has 0 aliphatic carbocycles. The summed E-state index contributed by atoms with van der Waals surface area (Å²) in [6, 6.07) is 12.7. The Hall–Kier alpha value is -2.44. The van der Waals surface area contributed by atoms with Crippen molar-refractivity contribution in [3.05, 3.63) is 64.9 Å². The predicted octanol–water partition coefficient (Wildman–Crippen LogP) is 1.46. The molecule has 136 valence electrons. The van der Waals surface area contributed by atoms with Crippen LogP contribution in [0, 0.1) is 5.82 Å². The van der Waals surface area contributed by atoms with Gasteiger partial charge >= 0.3 is 0 Å². The van der Waals surface area contributed by atoms with Crippen LogP contribution >= 0.6 is 11.6 Å². The lowest BCUT2D eigenvalue weighted by Gasteiger charge is -2.32. The number of amides is 2. The van der Waals surface area contributed by atoms with E-state index >= 15 is 0 Å². The van der Waals surface area contributed by atoms with Gasteiger partial charge in [-0.2, -0.15) is 0 Å². The van der Waals surface area contributed by atoms with Crippen LogP contribution in [0.15, 0.2) is 48.5 Å². The molecule has 0 saturated carbocycles. The first-order valence-corrected chi connectivity index (χ1v) is 8.83. The van der Waals surface area contributed by atoms with Gasteiger partial charge in [0.15, 0.2) is 6.54 Å². The Labute approximate surface area is 156 Å². The molecule has 26 heavy (non-hydrogen) atoms. The molecule has 2 amide bonds. The number of nitrogens with one attached hydrogen (secondary N) is 2. The Morgan fingerprint density at radius 1 is 1.08 bits per heavy atom. The van der Waals surface area contributed by atoms with E-state index in [1.54, 1.807) is 23.1 Å². The van der Waals surface area contributed by atoms with Crippen LogP contribution in [0.3, 0.4) is 0 Å². The molecule has 1 fully saturated rings. The predicted molar refractivity (Wildman–Crippen MR) is 97.9 cm³/mol. The number of para-hydroxylation sites is 1. The molecular weight excluding hydrogens is 357 g/mol. The SMILES string of the molecule is O=C(C[NH+]1CCN(C(=O)c2ccc(F)cc2)CC1)Nc1ccccc1Cl. The lowest BCUT2D eigenvalue weighted by molar-refractivity contribution is -0.895. The Morgan fingerprint density at radius 3 is 2.38 bits per heavy atom. The van der Waals surface area contributed by atoms with Gasteiger partial charge in [-0.3, -0.25) is 9.59 Å². The van der Waals surface area contributed by atoms with Crippen molar-refractivity contribution in [3.63, 3.8) is 0 Å². The Balaban J connectivity index is 1.49. The van der Waals surface area contributed by atoms with Crippen LogP contribution in [-0.4, -0.2) is 49.4 Å². The summed E-state index contributed by atoms with van der Waals surface area (Å²) < 4.78 is 13.0. The Kier molecular flexibility index (Phi) is 5.85. The number of hydrogen-bond donors (Lipinski definition) is 2. The smallest absolute Gasteiger partial charge is 0.279 e. The number of nitrogens with zero attached hydrogens (tertiary/aromatic N) is 1. The fourth-order valence-electron chi connectivity index (χ4n) is 2.96. The molecule has 0 spiro atoms. The number of anilines is 1. The molecule has 0 radical (unpaired) electrons. The Bertz CT molecular complexity index is 790. The first-order valence-electron chi connectivity index (χ1n) is 8.46. The summed E-state index contributed by atoms with van der Waals surface area (Å²) in [5.41, 5.74) is 1.08. The van der Waals surface area contributed by atoms with Gasteiger partial charge in [0.1, 0.15) is 5.82 Å². The lowest BCUT2D eigenvalue weighted by Crippen LogP contribution is -3.15. The number of carbonyl (C=O) groups is 2. The molecule has 0 atom stereocenters. The third kappa shape index (κ3) is 4.59. The molecule has 5 nitrogen and oxygen atoms in total. The molecule has 2 aromatic rings. The van der Waals surface area contributed by atoms with Crippen LogP contribution in [-0.2, 0) is 4.79 Å². The number of hydrogen-bond acceptors (Lipinski definition) is 2. The van der Waals surface area contributed by atoms with E-state index in [0.717, 1.165) is 4.90 Å². The molecule has 1 heterocycles. The minimum Gasteiger partial charge on any atom is -0.327 e. The van der Waals surface area contributed by atoms with E-state index < -0.39 is 0 Å². The van der Waals surface area contributed by atoms with Gasteiger partial charge in [-0.05, 0) is 36.4 Å². The van der Waals surface area contributed by atoms with Crippen molar-refractivity contribution < 1.29 is 18.9 Å². The molecule has 3 rings (SSSR count). The largest absolute Gasteiger partial charge is 0.327 e. The van der Waals surface area contributed by atoms with E-state index in [2.05, 4.69) is 5.32 Å². The second-order valence-electron chi connectivity index (χ2n) is 6.25. The van der Waals surface area contributed by atoms with Crippen molar-refractivity contribution in [2.75, 3.05) is 38.0 Å².